The minimum atomic E-state index is -5.03. The molecule has 1 aliphatic rings. The molecule has 0 spiro atoms. The number of benzene rings is 2. The zero-order valence-corrected chi connectivity index (χ0v) is 20.7. The first kappa shape index (κ1) is 25.5. The Morgan fingerprint density at radius 2 is 1.50 bits per heavy atom. The van der Waals surface area contributed by atoms with Crippen LogP contribution < -0.4 is 14.9 Å². The molecule has 38 heavy (non-hydrogen) atoms. The van der Waals surface area contributed by atoms with Gasteiger partial charge in [-0.1, -0.05) is 30.3 Å². The predicted molar refractivity (Wildman–Crippen MR) is 136 cm³/mol. The molecule has 2 aromatic heterocycles. The third-order valence-electron chi connectivity index (χ3n) is 6.21. The van der Waals surface area contributed by atoms with E-state index < -0.39 is 26.7 Å². The number of hydrogen-bond acceptors (Lipinski definition) is 8. The second-order valence-electron chi connectivity index (χ2n) is 8.55. The van der Waals surface area contributed by atoms with Crippen molar-refractivity contribution in [2.75, 3.05) is 36.0 Å². The van der Waals surface area contributed by atoms with E-state index in [1.807, 2.05) is 4.90 Å². The van der Waals surface area contributed by atoms with Crippen molar-refractivity contribution in [3.8, 4) is 22.4 Å². The molecule has 1 saturated heterocycles. The summed E-state index contributed by atoms with van der Waals surface area (Å²) in [6, 6.07) is 12.7. The fraction of sp³-hybridized carbons (Fsp3) is 0.200. The van der Waals surface area contributed by atoms with Crippen LogP contribution in [0, 0.1) is 0 Å². The third-order valence-corrected chi connectivity index (χ3v) is 7.14. The molecular weight excluding hydrogens is 519 g/mol. The minimum absolute atomic E-state index is 0.141. The summed E-state index contributed by atoms with van der Waals surface area (Å²) >= 11 is 0. The van der Waals surface area contributed by atoms with Crippen molar-refractivity contribution < 1.29 is 21.6 Å². The predicted octanol–water partition coefficient (Wildman–Crippen LogP) is 3.59. The van der Waals surface area contributed by atoms with Crippen LogP contribution in [0.4, 0.5) is 24.8 Å². The third kappa shape index (κ3) is 5.02. The number of piperazine rings is 1. The maximum absolute atomic E-state index is 14.8. The molecule has 2 N–H and O–H groups in total. The van der Waals surface area contributed by atoms with Crippen molar-refractivity contribution in [2.24, 2.45) is 5.14 Å². The minimum Gasteiger partial charge on any atom is -0.367 e. The number of halogens is 3. The van der Waals surface area contributed by atoms with Gasteiger partial charge in [0.2, 0.25) is 16.0 Å². The van der Waals surface area contributed by atoms with Gasteiger partial charge < -0.3 is 9.80 Å². The summed E-state index contributed by atoms with van der Waals surface area (Å²) in [4.78, 5) is 19.0. The number of rotatable bonds is 5. The lowest BCUT2D eigenvalue weighted by molar-refractivity contribution is -0.139. The normalized spacial score (nSPS) is 14.5. The zero-order valence-electron chi connectivity index (χ0n) is 19.9. The highest BCUT2D eigenvalue weighted by Gasteiger charge is 2.43. The Morgan fingerprint density at radius 3 is 2.08 bits per heavy atom. The number of alkyl halides is 3. The summed E-state index contributed by atoms with van der Waals surface area (Å²) in [5.41, 5.74) is -0.493. The molecule has 0 atom stereocenters. The van der Waals surface area contributed by atoms with Crippen LogP contribution in [0.2, 0.25) is 0 Å². The maximum Gasteiger partial charge on any atom is 0.419 e. The van der Waals surface area contributed by atoms with Gasteiger partial charge in [0.1, 0.15) is 6.33 Å². The molecule has 0 saturated carbocycles. The van der Waals surface area contributed by atoms with Crippen molar-refractivity contribution in [3.05, 3.63) is 79.0 Å². The molecule has 196 valence electrons. The van der Waals surface area contributed by atoms with Crippen LogP contribution in [0.3, 0.4) is 0 Å². The van der Waals surface area contributed by atoms with E-state index in [0.717, 1.165) is 6.07 Å². The van der Waals surface area contributed by atoms with Crippen LogP contribution in [0.5, 0.6) is 0 Å². The van der Waals surface area contributed by atoms with E-state index in [1.165, 1.54) is 23.5 Å². The molecule has 5 rings (SSSR count). The van der Waals surface area contributed by atoms with E-state index in [1.54, 1.807) is 48.8 Å². The molecule has 1 fully saturated rings. The van der Waals surface area contributed by atoms with Gasteiger partial charge in [-0.15, -0.1) is 0 Å². The lowest BCUT2D eigenvalue weighted by Gasteiger charge is -2.39. The molecular formula is C25H22F3N7O2S. The quantitative estimate of drug-likeness (QED) is 0.407. The molecule has 0 bridgehead atoms. The molecule has 13 heteroatoms. The first-order valence-corrected chi connectivity index (χ1v) is 13.1. The van der Waals surface area contributed by atoms with Gasteiger partial charge in [-0.25, -0.2) is 33.5 Å². The van der Waals surface area contributed by atoms with Crippen molar-refractivity contribution in [1.82, 2.24) is 19.9 Å². The smallest absolute Gasteiger partial charge is 0.367 e. The van der Waals surface area contributed by atoms with E-state index >= 15 is 0 Å². The van der Waals surface area contributed by atoms with Crippen LogP contribution in [0.15, 0.2) is 78.3 Å². The molecule has 0 aliphatic carbocycles. The Labute approximate surface area is 216 Å². The first-order chi connectivity index (χ1) is 18.1. The summed E-state index contributed by atoms with van der Waals surface area (Å²) in [6.45, 7) is 0.902. The van der Waals surface area contributed by atoms with Crippen LogP contribution in [-0.4, -0.2) is 54.5 Å². The number of hydrogen-bond donors (Lipinski definition) is 1. The van der Waals surface area contributed by atoms with Crippen molar-refractivity contribution >= 4 is 21.7 Å². The number of aromatic nitrogens is 4. The van der Waals surface area contributed by atoms with Gasteiger partial charge in [0.05, 0.1) is 21.8 Å². The first-order valence-electron chi connectivity index (χ1n) is 11.5. The number of nitrogens with two attached hydrogens (primary N) is 1. The Balaban J connectivity index is 1.78. The molecule has 2 aromatic carbocycles. The summed E-state index contributed by atoms with van der Waals surface area (Å²) in [6.07, 6.45) is 0.802. The lowest BCUT2D eigenvalue weighted by atomic mass is 9.91. The standard InChI is InChI=1S/C25H22F3N7O2S/c26-25(27,28)22-20(38(29,36)37)15-18(17-5-2-1-3-6-17)21(19-7-10-30-16-33-19)23(22)34-11-13-35(14-12-34)24-31-8-4-9-32-24/h1-10,15-16H,11-14H2,(H2,29,36,37). The highest BCUT2D eigenvalue weighted by Crippen LogP contribution is 2.49. The largest absolute Gasteiger partial charge is 0.419 e. The summed E-state index contributed by atoms with van der Waals surface area (Å²) < 4.78 is 69.5. The average Bonchev–Trinajstić information content (AvgIpc) is 2.92. The van der Waals surface area contributed by atoms with Gasteiger partial charge in [-0.05, 0) is 29.3 Å². The van der Waals surface area contributed by atoms with Crippen LogP contribution in [-0.2, 0) is 16.2 Å². The Bertz CT molecular complexity index is 1530. The SMILES string of the molecule is NS(=O)(=O)c1cc(-c2ccccc2)c(-c2ccncn2)c(N2CCN(c3ncccn3)CC2)c1C(F)(F)F. The summed E-state index contributed by atoms with van der Waals surface area (Å²) in [7, 11) is -4.77. The molecule has 0 radical (unpaired) electrons. The molecule has 9 nitrogen and oxygen atoms in total. The maximum atomic E-state index is 14.8. The highest BCUT2D eigenvalue weighted by atomic mass is 32.2. The molecule has 0 amide bonds. The monoisotopic (exact) mass is 541 g/mol. The molecule has 3 heterocycles. The molecule has 1 aliphatic heterocycles. The van der Waals surface area contributed by atoms with Crippen molar-refractivity contribution in [3.63, 3.8) is 0 Å². The highest BCUT2D eigenvalue weighted by molar-refractivity contribution is 7.89. The van der Waals surface area contributed by atoms with Gasteiger partial charge in [0.15, 0.2) is 0 Å². The summed E-state index contributed by atoms with van der Waals surface area (Å²) in [5.74, 6) is 0.461. The van der Waals surface area contributed by atoms with Crippen molar-refractivity contribution in [1.29, 1.82) is 0 Å². The Kier molecular flexibility index (Phi) is 6.71. The number of sulfonamides is 1. The Hall–Kier alpha value is -4.10. The molecule has 4 aromatic rings. The average molecular weight is 542 g/mol. The second kappa shape index (κ2) is 9.99. The zero-order chi connectivity index (χ0) is 26.9. The lowest BCUT2D eigenvalue weighted by Crippen LogP contribution is -2.48. The number of primary sulfonamides is 1. The van der Waals surface area contributed by atoms with Gasteiger partial charge >= 0.3 is 6.18 Å². The molecule has 0 unspecified atom stereocenters. The topological polar surface area (TPSA) is 118 Å². The summed E-state index contributed by atoms with van der Waals surface area (Å²) in [5, 5.41) is 5.39. The van der Waals surface area contributed by atoms with E-state index in [4.69, 9.17) is 5.14 Å². The van der Waals surface area contributed by atoms with E-state index in [-0.39, 0.29) is 35.6 Å². The fourth-order valence-electron chi connectivity index (χ4n) is 4.59. The van der Waals surface area contributed by atoms with Gasteiger partial charge in [0.25, 0.3) is 0 Å². The van der Waals surface area contributed by atoms with Gasteiger partial charge in [0, 0.05) is 50.3 Å². The van der Waals surface area contributed by atoms with Crippen LogP contribution >= 0.6 is 0 Å². The van der Waals surface area contributed by atoms with Crippen LogP contribution in [0.1, 0.15) is 5.56 Å². The van der Waals surface area contributed by atoms with E-state index in [2.05, 4.69) is 19.9 Å². The van der Waals surface area contributed by atoms with Crippen molar-refractivity contribution in [2.45, 2.75) is 11.1 Å². The van der Waals surface area contributed by atoms with Gasteiger partial charge in [-0.3, -0.25) is 0 Å². The number of nitrogens with zero attached hydrogens (tertiary/aromatic N) is 6. The van der Waals surface area contributed by atoms with E-state index in [9.17, 15) is 21.6 Å². The second-order valence-corrected chi connectivity index (χ2v) is 10.1. The van der Waals surface area contributed by atoms with Crippen LogP contribution in [0.25, 0.3) is 22.4 Å². The fourth-order valence-corrected chi connectivity index (χ4v) is 5.37. The number of anilines is 2. The van der Waals surface area contributed by atoms with E-state index in [0.29, 0.717) is 24.6 Å². The Morgan fingerprint density at radius 1 is 0.842 bits per heavy atom. The van der Waals surface area contributed by atoms with Gasteiger partial charge in [-0.2, -0.15) is 13.2 Å².